The van der Waals surface area contributed by atoms with Gasteiger partial charge in [-0.15, -0.1) is 30.6 Å². The largest absolute Gasteiger partial charge is 0.371 e. The van der Waals surface area contributed by atoms with E-state index >= 15 is 0 Å². The number of rotatable bonds is 6. The highest BCUT2D eigenvalue weighted by Crippen LogP contribution is 2.25. The van der Waals surface area contributed by atoms with Gasteiger partial charge in [0, 0.05) is 42.9 Å². The molecule has 0 spiro atoms. The van der Waals surface area contributed by atoms with Gasteiger partial charge in [-0.25, -0.2) is 0 Å². The maximum atomic E-state index is 4.69. The van der Waals surface area contributed by atoms with E-state index in [1.165, 1.54) is 12.1 Å². The second kappa shape index (κ2) is 10.9. The predicted octanol–water partition coefficient (Wildman–Crippen LogP) is 3.63. The van der Waals surface area contributed by atoms with Crippen LogP contribution < -0.4 is 15.5 Å². The number of benzene rings is 1. The summed E-state index contributed by atoms with van der Waals surface area (Å²) in [5.41, 5.74) is 1.30. The fraction of sp³-hybridized carbons (Fsp3) is 0.471. The number of aliphatic imine (C=N–C) groups is 1. The van der Waals surface area contributed by atoms with Crippen molar-refractivity contribution < 1.29 is 0 Å². The summed E-state index contributed by atoms with van der Waals surface area (Å²) in [6.07, 6.45) is 3.04. The first-order valence-electron chi connectivity index (χ1n) is 7.86. The molecule has 0 bridgehead atoms. The average Bonchev–Trinajstić information content (AvgIpc) is 3.00. The van der Waals surface area contributed by atoms with E-state index in [-0.39, 0.29) is 24.0 Å². The molecule has 0 saturated carbocycles. The molecule has 0 aliphatic carbocycles. The summed E-state index contributed by atoms with van der Waals surface area (Å²) in [6.45, 7) is 10.5. The molecule has 1 saturated heterocycles. The molecular formula is C17H26BrIN4. The Labute approximate surface area is 165 Å². The molecule has 128 valence electrons. The van der Waals surface area contributed by atoms with Gasteiger partial charge in [-0.1, -0.05) is 22.0 Å². The SMILES string of the molecule is C=CCNC(=NCC1CCN(c2ccc(Br)cc2)C1)NCC.I. The minimum absolute atomic E-state index is 0. The quantitative estimate of drug-likeness (QED) is 0.275. The van der Waals surface area contributed by atoms with Gasteiger partial charge in [0.05, 0.1) is 0 Å². The first-order chi connectivity index (χ1) is 10.7. The van der Waals surface area contributed by atoms with Crippen LogP contribution in [0.2, 0.25) is 0 Å². The van der Waals surface area contributed by atoms with Gasteiger partial charge in [0.15, 0.2) is 5.96 Å². The molecule has 1 aromatic carbocycles. The first kappa shape index (κ1) is 20.3. The van der Waals surface area contributed by atoms with Gasteiger partial charge in [0.1, 0.15) is 0 Å². The minimum atomic E-state index is 0. The third kappa shape index (κ3) is 6.71. The maximum Gasteiger partial charge on any atom is 0.191 e. The Kier molecular flexibility index (Phi) is 9.62. The lowest BCUT2D eigenvalue weighted by atomic mass is 10.1. The van der Waals surface area contributed by atoms with Crippen LogP contribution in [0.1, 0.15) is 13.3 Å². The van der Waals surface area contributed by atoms with Gasteiger partial charge in [-0.3, -0.25) is 4.99 Å². The number of anilines is 1. The number of nitrogens with one attached hydrogen (secondary N) is 2. The summed E-state index contributed by atoms with van der Waals surface area (Å²) in [6, 6.07) is 8.55. The number of halogens is 2. The highest BCUT2D eigenvalue weighted by atomic mass is 127. The van der Waals surface area contributed by atoms with E-state index in [4.69, 9.17) is 0 Å². The maximum absolute atomic E-state index is 4.69. The van der Waals surface area contributed by atoms with E-state index in [9.17, 15) is 0 Å². The van der Waals surface area contributed by atoms with Crippen LogP contribution in [0, 0.1) is 5.92 Å². The van der Waals surface area contributed by atoms with Crippen LogP contribution in [0.5, 0.6) is 0 Å². The van der Waals surface area contributed by atoms with E-state index in [0.29, 0.717) is 5.92 Å². The molecule has 1 aliphatic rings. The van der Waals surface area contributed by atoms with Crippen molar-refractivity contribution in [2.24, 2.45) is 10.9 Å². The molecule has 23 heavy (non-hydrogen) atoms. The van der Waals surface area contributed by atoms with Crippen molar-refractivity contribution in [1.29, 1.82) is 0 Å². The van der Waals surface area contributed by atoms with Crippen molar-refractivity contribution in [3.63, 3.8) is 0 Å². The molecule has 0 aromatic heterocycles. The Hall–Kier alpha value is -0.760. The third-order valence-electron chi connectivity index (χ3n) is 3.74. The van der Waals surface area contributed by atoms with Crippen LogP contribution in [0.25, 0.3) is 0 Å². The molecule has 2 rings (SSSR count). The van der Waals surface area contributed by atoms with Gasteiger partial charge in [-0.05, 0) is 43.5 Å². The topological polar surface area (TPSA) is 39.7 Å². The second-order valence-corrected chi connectivity index (χ2v) is 6.38. The van der Waals surface area contributed by atoms with E-state index in [2.05, 4.69) is 74.2 Å². The standard InChI is InChI=1S/C17H25BrN4.HI/c1-3-10-20-17(19-4-2)21-12-14-9-11-22(13-14)16-7-5-15(18)6-8-16;/h3,5-8,14H,1,4,9-13H2,2H3,(H2,19,20,21);1H. The molecule has 4 nitrogen and oxygen atoms in total. The summed E-state index contributed by atoms with van der Waals surface area (Å²) < 4.78 is 1.13. The first-order valence-corrected chi connectivity index (χ1v) is 8.65. The average molecular weight is 493 g/mol. The molecule has 1 atom stereocenters. The van der Waals surface area contributed by atoms with Crippen LogP contribution in [0.4, 0.5) is 5.69 Å². The zero-order chi connectivity index (χ0) is 15.8. The van der Waals surface area contributed by atoms with Crippen LogP contribution in [-0.4, -0.2) is 38.7 Å². The summed E-state index contributed by atoms with van der Waals surface area (Å²) >= 11 is 3.48. The fourth-order valence-electron chi connectivity index (χ4n) is 2.60. The Morgan fingerprint density at radius 3 is 2.78 bits per heavy atom. The molecule has 2 N–H and O–H groups in total. The van der Waals surface area contributed by atoms with Crippen LogP contribution in [0.3, 0.4) is 0 Å². The molecule has 6 heteroatoms. The monoisotopic (exact) mass is 492 g/mol. The van der Waals surface area contributed by atoms with Crippen LogP contribution in [-0.2, 0) is 0 Å². The van der Waals surface area contributed by atoms with Crippen molar-refractivity contribution in [3.8, 4) is 0 Å². The van der Waals surface area contributed by atoms with Gasteiger partial charge in [0.2, 0.25) is 0 Å². The van der Waals surface area contributed by atoms with Gasteiger partial charge >= 0.3 is 0 Å². The third-order valence-corrected chi connectivity index (χ3v) is 4.27. The summed E-state index contributed by atoms with van der Waals surface area (Å²) in [7, 11) is 0. The van der Waals surface area contributed by atoms with Gasteiger partial charge in [-0.2, -0.15) is 0 Å². The Morgan fingerprint density at radius 2 is 2.13 bits per heavy atom. The number of nitrogens with zero attached hydrogens (tertiary/aromatic N) is 2. The van der Waals surface area contributed by atoms with E-state index in [1.807, 2.05) is 6.08 Å². The van der Waals surface area contributed by atoms with E-state index in [0.717, 1.165) is 43.2 Å². The zero-order valence-corrected chi connectivity index (χ0v) is 17.5. The van der Waals surface area contributed by atoms with Crippen molar-refractivity contribution in [1.82, 2.24) is 10.6 Å². The van der Waals surface area contributed by atoms with E-state index < -0.39 is 0 Å². The second-order valence-electron chi connectivity index (χ2n) is 5.47. The van der Waals surface area contributed by atoms with Crippen molar-refractivity contribution >= 4 is 51.6 Å². The van der Waals surface area contributed by atoms with E-state index in [1.54, 1.807) is 0 Å². The number of hydrogen-bond acceptors (Lipinski definition) is 2. The van der Waals surface area contributed by atoms with Crippen LogP contribution >= 0.6 is 39.9 Å². The lowest BCUT2D eigenvalue weighted by Gasteiger charge is -2.18. The van der Waals surface area contributed by atoms with Crippen molar-refractivity contribution in [2.45, 2.75) is 13.3 Å². The normalized spacial score (nSPS) is 17.6. The lowest BCUT2D eigenvalue weighted by Crippen LogP contribution is -2.37. The molecule has 0 radical (unpaired) electrons. The highest BCUT2D eigenvalue weighted by molar-refractivity contribution is 14.0. The highest BCUT2D eigenvalue weighted by Gasteiger charge is 2.22. The lowest BCUT2D eigenvalue weighted by molar-refractivity contribution is 0.600. The smallest absolute Gasteiger partial charge is 0.191 e. The molecular weight excluding hydrogens is 467 g/mol. The Bertz CT molecular complexity index is 504. The molecule has 1 unspecified atom stereocenters. The summed E-state index contributed by atoms with van der Waals surface area (Å²) in [4.78, 5) is 7.13. The zero-order valence-electron chi connectivity index (χ0n) is 13.6. The molecule has 1 fully saturated rings. The van der Waals surface area contributed by atoms with Crippen LogP contribution in [0.15, 0.2) is 46.4 Å². The predicted molar refractivity (Wildman–Crippen MR) is 114 cm³/mol. The minimum Gasteiger partial charge on any atom is -0.371 e. The Morgan fingerprint density at radius 1 is 1.39 bits per heavy atom. The number of guanidine groups is 1. The van der Waals surface area contributed by atoms with Crippen molar-refractivity contribution in [2.75, 3.05) is 37.6 Å². The molecule has 1 aliphatic heterocycles. The fourth-order valence-corrected chi connectivity index (χ4v) is 2.86. The summed E-state index contributed by atoms with van der Waals surface area (Å²) in [5.74, 6) is 1.49. The summed E-state index contributed by atoms with van der Waals surface area (Å²) in [5, 5.41) is 6.51. The van der Waals surface area contributed by atoms with Gasteiger partial charge in [0.25, 0.3) is 0 Å². The molecule has 0 amide bonds. The Balaban J connectivity index is 0.00000264. The molecule has 1 aromatic rings. The molecule has 1 heterocycles. The van der Waals surface area contributed by atoms with Crippen molar-refractivity contribution in [3.05, 3.63) is 41.4 Å². The number of hydrogen-bond donors (Lipinski definition) is 2. The van der Waals surface area contributed by atoms with Gasteiger partial charge < -0.3 is 15.5 Å².